The Bertz CT molecular complexity index is 1670. The topological polar surface area (TPSA) is 207 Å². The predicted molar refractivity (Wildman–Crippen MR) is 176 cm³/mol. The van der Waals surface area contributed by atoms with Gasteiger partial charge in [0.15, 0.2) is 17.8 Å². The molecule has 1 heterocycles. The monoisotopic (exact) mass is 730 g/mol. The summed E-state index contributed by atoms with van der Waals surface area (Å²) in [5.74, 6) is -6.54. The van der Waals surface area contributed by atoms with Crippen LogP contribution in [0.5, 0.6) is 0 Å². The summed E-state index contributed by atoms with van der Waals surface area (Å²) in [6.45, 7) is 9.61. The van der Waals surface area contributed by atoms with Gasteiger partial charge in [-0.3, -0.25) is 19.2 Å². The first kappa shape index (κ1) is 38.9. The van der Waals surface area contributed by atoms with Crippen LogP contribution in [0, 0.1) is 16.7 Å². The van der Waals surface area contributed by atoms with Gasteiger partial charge in [-0.2, -0.15) is 0 Å². The minimum absolute atomic E-state index is 0.105. The first-order valence-electron chi connectivity index (χ1n) is 17.1. The molecule has 1 saturated heterocycles. The van der Waals surface area contributed by atoms with Gasteiger partial charge < -0.3 is 43.4 Å². The molecule has 0 radical (unpaired) electrons. The maximum atomic E-state index is 14.2. The Balaban J connectivity index is 1.96. The average Bonchev–Trinajstić information content (AvgIpc) is 3.04. The Kier molecular flexibility index (Phi) is 10.4. The SMILES string of the molecule is CC(=O)O[C@H]1C[C@@]2(O)[C@@H](OC(=O)c3ccccc3)[C@@H]3[C@]4(OC(C)=O)CO[C@@H]4C[C@H](OC(C)=O)[C@@]3(C)[C@H](OC(C)=O)[C@H](OC(=O)CO)C(=C1C)C2(C)C. The number of hydrogen-bond donors (Lipinski definition) is 2. The number of esters is 6. The van der Waals surface area contributed by atoms with Crippen molar-refractivity contribution in [3.63, 3.8) is 0 Å². The van der Waals surface area contributed by atoms with E-state index >= 15 is 0 Å². The number of fused-ring (bicyclic) bond motifs is 5. The summed E-state index contributed by atoms with van der Waals surface area (Å²) in [5.41, 5.74) is -6.80. The standard InChI is InChI=1S/C37H46O15/c1-18-24(47-19(2)39)15-37(45)32(51-33(44)23-12-10-9-11-13-23)30-35(8,25(48-20(3)40)14-26-36(30,17-46-26)52-22(5)42)31(49-21(4)41)29(50-27(43)16-38)28(18)34(37,6)7/h9-13,24-26,29-32,38,45H,14-17H2,1-8H3/t24-,25-,26+,29+,30-,31+,32-,35+,36-,37+/m0/s1. The van der Waals surface area contributed by atoms with Crippen molar-refractivity contribution in [2.24, 2.45) is 16.7 Å². The van der Waals surface area contributed by atoms with Crippen molar-refractivity contribution in [2.75, 3.05) is 13.2 Å². The van der Waals surface area contributed by atoms with Gasteiger partial charge in [0.05, 0.1) is 23.5 Å². The van der Waals surface area contributed by atoms with Gasteiger partial charge in [0, 0.05) is 46.0 Å². The highest BCUT2D eigenvalue weighted by molar-refractivity contribution is 5.89. The summed E-state index contributed by atoms with van der Waals surface area (Å²) < 4.78 is 42.3. The molecule has 0 amide bonds. The predicted octanol–water partition coefficient (Wildman–Crippen LogP) is 2.13. The third-order valence-corrected chi connectivity index (χ3v) is 11.4. The zero-order valence-electron chi connectivity index (χ0n) is 30.5. The maximum absolute atomic E-state index is 14.2. The largest absolute Gasteiger partial charge is 0.462 e. The third-order valence-electron chi connectivity index (χ3n) is 11.4. The average molecular weight is 731 g/mol. The molecule has 15 nitrogen and oxygen atoms in total. The molecule has 1 aromatic rings. The molecule has 0 unspecified atom stereocenters. The van der Waals surface area contributed by atoms with Crippen molar-refractivity contribution in [1.29, 1.82) is 0 Å². The van der Waals surface area contributed by atoms with Crippen LogP contribution in [-0.2, 0) is 57.1 Å². The van der Waals surface area contributed by atoms with Crippen molar-refractivity contribution in [3.8, 4) is 0 Å². The second-order valence-electron chi connectivity index (χ2n) is 14.8. The summed E-state index contributed by atoms with van der Waals surface area (Å²) in [5, 5.41) is 23.4. The van der Waals surface area contributed by atoms with Gasteiger partial charge in [0.1, 0.15) is 36.6 Å². The van der Waals surface area contributed by atoms with E-state index in [0.717, 1.165) is 13.8 Å². The number of ether oxygens (including phenoxy) is 7. The summed E-state index contributed by atoms with van der Waals surface area (Å²) in [6.07, 6.45) is -8.91. The number of rotatable bonds is 8. The van der Waals surface area contributed by atoms with E-state index in [-0.39, 0.29) is 30.6 Å². The van der Waals surface area contributed by atoms with E-state index in [9.17, 15) is 39.0 Å². The summed E-state index contributed by atoms with van der Waals surface area (Å²) in [6, 6.07) is 7.93. The number of aliphatic hydroxyl groups excluding tert-OH is 1. The lowest BCUT2D eigenvalue weighted by molar-refractivity contribution is -0.365. The smallest absolute Gasteiger partial charge is 0.338 e. The van der Waals surface area contributed by atoms with Gasteiger partial charge >= 0.3 is 35.8 Å². The number of aliphatic hydroxyl groups is 2. The highest BCUT2D eigenvalue weighted by Gasteiger charge is 2.79. The van der Waals surface area contributed by atoms with Crippen molar-refractivity contribution in [3.05, 3.63) is 47.0 Å². The molecule has 1 aromatic carbocycles. The van der Waals surface area contributed by atoms with Crippen LogP contribution in [0.25, 0.3) is 0 Å². The summed E-state index contributed by atoms with van der Waals surface area (Å²) in [4.78, 5) is 78.8. The van der Waals surface area contributed by atoms with Crippen LogP contribution in [0.1, 0.15) is 78.6 Å². The van der Waals surface area contributed by atoms with Crippen molar-refractivity contribution in [2.45, 2.75) is 116 Å². The Labute approximate surface area is 300 Å². The van der Waals surface area contributed by atoms with Gasteiger partial charge in [-0.25, -0.2) is 9.59 Å². The summed E-state index contributed by atoms with van der Waals surface area (Å²) >= 11 is 0. The molecule has 0 aromatic heterocycles. The lowest BCUT2D eigenvalue weighted by Gasteiger charge is -2.69. The lowest BCUT2D eigenvalue weighted by atomic mass is 9.44. The zero-order valence-corrected chi connectivity index (χ0v) is 30.5. The molecule has 10 atom stereocenters. The molecule has 2 saturated carbocycles. The van der Waals surface area contributed by atoms with E-state index in [1.807, 2.05) is 0 Å². The van der Waals surface area contributed by atoms with Crippen LogP contribution in [0.15, 0.2) is 41.5 Å². The normalized spacial score (nSPS) is 35.8. The van der Waals surface area contributed by atoms with E-state index in [1.165, 1.54) is 26.0 Å². The van der Waals surface area contributed by atoms with E-state index in [1.54, 1.807) is 45.9 Å². The highest BCUT2D eigenvalue weighted by atomic mass is 16.6. The molecule has 2 bridgehead atoms. The highest BCUT2D eigenvalue weighted by Crippen LogP contribution is 2.66. The van der Waals surface area contributed by atoms with Crippen LogP contribution >= 0.6 is 0 Å². The molecule has 3 aliphatic carbocycles. The van der Waals surface area contributed by atoms with Crippen LogP contribution < -0.4 is 0 Å². The van der Waals surface area contributed by atoms with Crippen molar-refractivity contribution in [1.82, 2.24) is 0 Å². The van der Waals surface area contributed by atoms with E-state index < -0.39 is 107 Å². The summed E-state index contributed by atoms with van der Waals surface area (Å²) in [7, 11) is 0. The third kappa shape index (κ3) is 6.26. The minimum Gasteiger partial charge on any atom is -0.462 e. The zero-order chi connectivity index (χ0) is 38.6. The van der Waals surface area contributed by atoms with E-state index in [4.69, 9.17) is 33.2 Å². The molecule has 2 N–H and O–H groups in total. The van der Waals surface area contributed by atoms with Crippen LogP contribution in [0.2, 0.25) is 0 Å². The maximum Gasteiger partial charge on any atom is 0.338 e. The van der Waals surface area contributed by atoms with E-state index in [0.29, 0.717) is 5.57 Å². The second-order valence-corrected chi connectivity index (χ2v) is 14.8. The first-order chi connectivity index (χ1) is 24.2. The number of carbonyl (C=O) groups is 6. The lowest BCUT2D eigenvalue weighted by Crippen LogP contribution is -2.83. The number of carbonyl (C=O) groups excluding carboxylic acids is 6. The van der Waals surface area contributed by atoms with Crippen molar-refractivity contribution < 1.29 is 72.1 Å². The van der Waals surface area contributed by atoms with Gasteiger partial charge in [0.2, 0.25) is 0 Å². The number of hydrogen-bond acceptors (Lipinski definition) is 15. The van der Waals surface area contributed by atoms with Gasteiger partial charge in [0.25, 0.3) is 0 Å². The number of benzene rings is 1. The molecule has 3 fully saturated rings. The fourth-order valence-corrected chi connectivity index (χ4v) is 9.16. The first-order valence-corrected chi connectivity index (χ1v) is 17.1. The Morgan fingerprint density at radius 1 is 0.827 bits per heavy atom. The molecule has 52 heavy (non-hydrogen) atoms. The molecule has 1 aliphatic heterocycles. The van der Waals surface area contributed by atoms with Crippen molar-refractivity contribution >= 4 is 35.8 Å². The molecule has 5 rings (SSSR count). The van der Waals surface area contributed by atoms with Crippen LogP contribution in [0.4, 0.5) is 0 Å². The van der Waals surface area contributed by atoms with Gasteiger partial charge in [-0.1, -0.05) is 39.0 Å². The minimum atomic E-state index is -2.26. The fourth-order valence-electron chi connectivity index (χ4n) is 9.16. The van der Waals surface area contributed by atoms with Crippen LogP contribution in [0.3, 0.4) is 0 Å². The molecule has 4 aliphatic rings. The second kappa shape index (κ2) is 13.9. The van der Waals surface area contributed by atoms with E-state index in [2.05, 4.69) is 0 Å². The van der Waals surface area contributed by atoms with Gasteiger partial charge in [-0.15, -0.1) is 0 Å². The fraction of sp³-hybridized carbons (Fsp3) is 0.622. The molecular formula is C37H46O15. The Morgan fingerprint density at radius 3 is 1.96 bits per heavy atom. The van der Waals surface area contributed by atoms with Crippen LogP contribution in [-0.4, -0.2) is 107 Å². The molecule has 284 valence electrons. The molecule has 0 spiro atoms. The molecular weight excluding hydrogens is 684 g/mol. The molecule has 15 heteroatoms. The Hall–Kier alpha value is -4.34. The Morgan fingerprint density at radius 2 is 1.44 bits per heavy atom. The quantitative estimate of drug-likeness (QED) is 0.223. The van der Waals surface area contributed by atoms with Gasteiger partial charge in [-0.05, 0) is 30.2 Å².